The Balaban J connectivity index is 3.06. The van der Waals surface area contributed by atoms with Crippen molar-refractivity contribution in [3.63, 3.8) is 0 Å². The van der Waals surface area contributed by atoms with Crippen LogP contribution in [0, 0.1) is 6.92 Å². The zero-order chi connectivity index (χ0) is 8.27. The number of aliphatic hydroxyl groups is 1. The van der Waals surface area contributed by atoms with Gasteiger partial charge in [0, 0.05) is 0 Å². The van der Waals surface area contributed by atoms with Crippen LogP contribution in [0.5, 0.6) is 5.75 Å². The topological polar surface area (TPSA) is 55.2 Å². The zero-order valence-electron chi connectivity index (χ0n) is 6.53. The first-order chi connectivity index (χ1) is 5.27. The van der Waals surface area contributed by atoms with Gasteiger partial charge in [-0.25, -0.2) is 9.97 Å². The number of aryl methyl sites for hydroxylation is 1. The fourth-order valence-electron chi connectivity index (χ4n) is 0.790. The van der Waals surface area contributed by atoms with Crippen LogP contribution in [0.2, 0.25) is 0 Å². The standard InChI is InChI=1S/C7H10N2O2/c1-5-8-3-7(11-2)6(4-10)9-5/h3,10H,4H2,1-2H3. The van der Waals surface area contributed by atoms with Crippen LogP contribution in [0.1, 0.15) is 11.5 Å². The van der Waals surface area contributed by atoms with E-state index >= 15 is 0 Å². The second-order valence-corrected chi connectivity index (χ2v) is 2.09. The average Bonchev–Trinajstić information content (AvgIpc) is 2.04. The van der Waals surface area contributed by atoms with Crippen molar-refractivity contribution in [2.45, 2.75) is 13.5 Å². The molecule has 1 heterocycles. The molecule has 1 N–H and O–H groups in total. The molecule has 0 fully saturated rings. The molecule has 0 spiro atoms. The van der Waals surface area contributed by atoms with E-state index in [4.69, 9.17) is 9.84 Å². The Kier molecular flexibility index (Phi) is 2.38. The van der Waals surface area contributed by atoms with Crippen molar-refractivity contribution >= 4 is 0 Å². The first-order valence-corrected chi connectivity index (χ1v) is 3.25. The number of rotatable bonds is 2. The van der Waals surface area contributed by atoms with Gasteiger partial charge in [-0.2, -0.15) is 0 Å². The highest BCUT2D eigenvalue weighted by Gasteiger charge is 2.02. The second kappa shape index (κ2) is 3.30. The number of ether oxygens (including phenoxy) is 1. The maximum Gasteiger partial charge on any atom is 0.161 e. The maximum absolute atomic E-state index is 8.80. The second-order valence-electron chi connectivity index (χ2n) is 2.09. The van der Waals surface area contributed by atoms with E-state index in [1.807, 2.05) is 0 Å². The van der Waals surface area contributed by atoms with Crippen molar-refractivity contribution < 1.29 is 9.84 Å². The molecule has 0 bridgehead atoms. The number of hydrogen-bond donors (Lipinski definition) is 1. The van der Waals surface area contributed by atoms with Crippen LogP contribution in [-0.2, 0) is 6.61 Å². The lowest BCUT2D eigenvalue weighted by atomic mass is 10.4. The van der Waals surface area contributed by atoms with E-state index in [1.165, 1.54) is 7.11 Å². The third-order valence-corrected chi connectivity index (χ3v) is 1.32. The molecule has 1 rings (SSSR count). The number of aliphatic hydroxyl groups excluding tert-OH is 1. The molecule has 0 aliphatic heterocycles. The Labute approximate surface area is 64.9 Å². The molecule has 1 aromatic heterocycles. The highest BCUT2D eigenvalue weighted by atomic mass is 16.5. The Morgan fingerprint density at radius 1 is 1.64 bits per heavy atom. The van der Waals surface area contributed by atoms with Crippen LogP contribution >= 0.6 is 0 Å². The van der Waals surface area contributed by atoms with E-state index in [0.717, 1.165) is 0 Å². The first-order valence-electron chi connectivity index (χ1n) is 3.25. The molecule has 0 aromatic carbocycles. The van der Waals surface area contributed by atoms with Gasteiger partial charge in [0.25, 0.3) is 0 Å². The van der Waals surface area contributed by atoms with Crippen molar-refractivity contribution in [2.24, 2.45) is 0 Å². The molecule has 0 saturated heterocycles. The minimum atomic E-state index is -0.119. The van der Waals surface area contributed by atoms with Gasteiger partial charge in [0.15, 0.2) is 5.75 Å². The number of nitrogens with zero attached hydrogens (tertiary/aromatic N) is 2. The Bertz CT molecular complexity index is 250. The van der Waals surface area contributed by atoms with Crippen LogP contribution in [0.15, 0.2) is 6.20 Å². The van der Waals surface area contributed by atoms with Crippen molar-refractivity contribution in [1.29, 1.82) is 0 Å². The van der Waals surface area contributed by atoms with Gasteiger partial charge in [0.2, 0.25) is 0 Å². The zero-order valence-corrected chi connectivity index (χ0v) is 6.53. The predicted molar refractivity (Wildman–Crippen MR) is 39.2 cm³/mol. The Morgan fingerprint density at radius 3 is 2.91 bits per heavy atom. The summed E-state index contributed by atoms with van der Waals surface area (Å²) in [5, 5.41) is 8.80. The molecule has 4 heteroatoms. The predicted octanol–water partition coefficient (Wildman–Crippen LogP) is 0.286. The SMILES string of the molecule is COc1cnc(C)nc1CO. The Morgan fingerprint density at radius 2 is 2.36 bits per heavy atom. The molecule has 11 heavy (non-hydrogen) atoms. The molecule has 1 aromatic rings. The number of hydrogen-bond acceptors (Lipinski definition) is 4. The molecule has 0 amide bonds. The van der Waals surface area contributed by atoms with Crippen LogP contribution in [0.4, 0.5) is 0 Å². The summed E-state index contributed by atoms with van der Waals surface area (Å²) in [5.74, 6) is 1.16. The molecule has 0 radical (unpaired) electrons. The molecule has 0 unspecified atom stereocenters. The summed E-state index contributed by atoms with van der Waals surface area (Å²) in [6, 6.07) is 0. The normalized spacial score (nSPS) is 9.73. The lowest BCUT2D eigenvalue weighted by molar-refractivity contribution is 0.267. The molecular formula is C7H10N2O2. The van der Waals surface area contributed by atoms with Crippen LogP contribution < -0.4 is 4.74 Å². The monoisotopic (exact) mass is 154 g/mol. The molecular weight excluding hydrogens is 144 g/mol. The molecule has 0 aliphatic carbocycles. The summed E-state index contributed by atoms with van der Waals surface area (Å²) in [4.78, 5) is 7.89. The van der Waals surface area contributed by atoms with E-state index in [0.29, 0.717) is 17.3 Å². The minimum absolute atomic E-state index is 0.119. The van der Waals surface area contributed by atoms with E-state index in [1.54, 1.807) is 13.1 Å². The van der Waals surface area contributed by atoms with E-state index in [-0.39, 0.29) is 6.61 Å². The highest BCUT2D eigenvalue weighted by Crippen LogP contribution is 2.13. The van der Waals surface area contributed by atoms with Gasteiger partial charge in [-0.15, -0.1) is 0 Å². The highest BCUT2D eigenvalue weighted by molar-refractivity contribution is 5.23. The van der Waals surface area contributed by atoms with Crippen molar-refractivity contribution in [1.82, 2.24) is 9.97 Å². The van der Waals surface area contributed by atoms with Crippen LogP contribution in [0.3, 0.4) is 0 Å². The smallest absolute Gasteiger partial charge is 0.161 e. The van der Waals surface area contributed by atoms with Crippen LogP contribution in [0.25, 0.3) is 0 Å². The third-order valence-electron chi connectivity index (χ3n) is 1.32. The summed E-state index contributed by atoms with van der Waals surface area (Å²) >= 11 is 0. The summed E-state index contributed by atoms with van der Waals surface area (Å²) in [6.07, 6.45) is 1.55. The van der Waals surface area contributed by atoms with E-state index in [9.17, 15) is 0 Å². The van der Waals surface area contributed by atoms with Crippen molar-refractivity contribution in [3.8, 4) is 5.75 Å². The summed E-state index contributed by atoms with van der Waals surface area (Å²) in [7, 11) is 1.52. The molecule has 0 atom stereocenters. The molecule has 60 valence electrons. The van der Waals surface area contributed by atoms with Gasteiger partial charge in [0.1, 0.15) is 11.5 Å². The molecule has 0 aliphatic rings. The van der Waals surface area contributed by atoms with E-state index < -0.39 is 0 Å². The first kappa shape index (κ1) is 7.94. The van der Waals surface area contributed by atoms with Gasteiger partial charge < -0.3 is 9.84 Å². The van der Waals surface area contributed by atoms with Crippen molar-refractivity contribution in [3.05, 3.63) is 17.7 Å². The van der Waals surface area contributed by atoms with Gasteiger partial charge in [-0.1, -0.05) is 0 Å². The third kappa shape index (κ3) is 1.65. The average molecular weight is 154 g/mol. The molecule has 0 saturated carbocycles. The van der Waals surface area contributed by atoms with Gasteiger partial charge in [0.05, 0.1) is 19.9 Å². The van der Waals surface area contributed by atoms with Gasteiger partial charge >= 0.3 is 0 Å². The lowest BCUT2D eigenvalue weighted by Crippen LogP contribution is -1.98. The van der Waals surface area contributed by atoms with E-state index in [2.05, 4.69) is 9.97 Å². The largest absolute Gasteiger partial charge is 0.493 e. The van der Waals surface area contributed by atoms with Crippen molar-refractivity contribution in [2.75, 3.05) is 7.11 Å². The Hall–Kier alpha value is -1.16. The quantitative estimate of drug-likeness (QED) is 0.665. The minimum Gasteiger partial charge on any atom is -0.493 e. The molecule has 4 nitrogen and oxygen atoms in total. The van der Waals surface area contributed by atoms with Crippen LogP contribution in [-0.4, -0.2) is 22.2 Å². The summed E-state index contributed by atoms with van der Waals surface area (Å²) in [6.45, 7) is 1.64. The fourth-order valence-corrected chi connectivity index (χ4v) is 0.790. The lowest BCUT2D eigenvalue weighted by Gasteiger charge is -2.03. The fraction of sp³-hybridized carbons (Fsp3) is 0.429. The summed E-state index contributed by atoms with van der Waals surface area (Å²) < 4.78 is 4.91. The number of methoxy groups -OCH3 is 1. The number of aromatic nitrogens is 2. The summed E-state index contributed by atoms with van der Waals surface area (Å²) in [5.41, 5.74) is 0.528. The maximum atomic E-state index is 8.80. The van der Waals surface area contributed by atoms with Gasteiger partial charge in [-0.3, -0.25) is 0 Å². The van der Waals surface area contributed by atoms with Gasteiger partial charge in [-0.05, 0) is 6.92 Å².